The van der Waals surface area contributed by atoms with Crippen LogP contribution in [-0.2, 0) is 14.8 Å². The monoisotopic (exact) mass is 433 g/mol. The lowest BCUT2D eigenvalue weighted by Crippen LogP contribution is -2.50. The average Bonchev–Trinajstić information content (AvgIpc) is 2.69. The van der Waals surface area contributed by atoms with Crippen molar-refractivity contribution in [2.75, 3.05) is 39.3 Å². The molecule has 158 valence electrons. The van der Waals surface area contributed by atoms with E-state index in [2.05, 4.69) is 12.2 Å². The fourth-order valence-electron chi connectivity index (χ4n) is 3.92. The van der Waals surface area contributed by atoms with Gasteiger partial charge in [-0.2, -0.15) is 4.31 Å². The first-order valence-electron chi connectivity index (χ1n) is 9.62. The van der Waals surface area contributed by atoms with Crippen molar-refractivity contribution >= 4 is 28.3 Å². The molecule has 0 saturated carbocycles. The molecule has 1 amide bonds. The van der Waals surface area contributed by atoms with Crippen molar-refractivity contribution in [2.24, 2.45) is 11.8 Å². The molecule has 2 fully saturated rings. The number of carbonyl (C=O) groups excluding carboxylic acids is 1. The van der Waals surface area contributed by atoms with Gasteiger partial charge in [0, 0.05) is 32.6 Å². The van der Waals surface area contributed by atoms with E-state index in [0.717, 1.165) is 38.1 Å². The van der Waals surface area contributed by atoms with Crippen molar-refractivity contribution in [1.82, 2.24) is 14.5 Å². The van der Waals surface area contributed by atoms with Gasteiger partial charge in [-0.3, -0.25) is 4.79 Å². The highest BCUT2D eigenvalue weighted by atomic mass is 35.5. The molecule has 1 N–H and O–H groups in total. The van der Waals surface area contributed by atoms with Crippen molar-refractivity contribution in [3.05, 3.63) is 30.1 Å². The summed E-state index contributed by atoms with van der Waals surface area (Å²) < 4.78 is 39.7. The van der Waals surface area contributed by atoms with Crippen LogP contribution in [0.25, 0.3) is 0 Å². The largest absolute Gasteiger partial charge is 0.340 e. The number of halogens is 2. The first kappa shape index (κ1) is 23.1. The molecule has 1 unspecified atom stereocenters. The van der Waals surface area contributed by atoms with Gasteiger partial charge in [-0.1, -0.05) is 6.92 Å². The number of sulfonamides is 1. The molecule has 1 aromatic carbocycles. The van der Waals surface area contributed by atoms with Gasteiger partial charge in [0.1, 0.15) is 5.82 Å². The maximum atomic E-state index is 13.0. The number of carbonyl (C=O) groups is 1. The highest BCUT2D eigenvalue weighted by Crippen LogP contribution is 2.25. The third-order valence-corrected chi connectivity index (χ3v) is 7.64. The summed E-state index contributed by atoms with van der Waals surface area (Å²) in [5.74, 6) is 0.572. The number of rotatable bonds is 5. The summed E-state index contributed by atoms with van der Waals surface area (Å²) in [6, 6.07) is 4.86. The zero-order valence-corrected chi connectivity index (χ0v) is 17.8. The summed E-state index contributed by atoms with van der Waals surface area (Å²) in [6.45, 7) is 5.52. The minimum atomic E-state index is -3.65. The van der Waals surface area contributed by atoms with Gasteiger partial charge < -0.3 is 10.2 Å². The Labute approximate surface area is 172 Å². The third-order valence-electron chi connectivity index (χ3n) is 5.73. The molecule has 0 bridgehead atoms. The Bertz CT molecular complexity index is 746. The maximum absolute atomic E-state index is 13.0. The lowest BCUT2D eigenvalue weighted by Gasteiger charge is -2.35. The van der Waals surface area contributed by atoms with Gasteiger partial charge in [0.2, 0.25) is 15.9 Å². The summed E-state index contributed by atoms with van der Waals surface area (Å²) in [7, 11) is -3.65. The van der Waals surface area contributed by atoms with E-state index in [1.807, 2.05) is 0 Å². The van der Waals surface area contributed by atoms with Crippen molar-refractivity contribution in [3.8, 4) is 0 Å². The van der Waals surface area contributed by atoms with E-state index in [-0.39, 0.29) is 36.3 Å². The Morgan fingerprint density at radius 2 is 1.71 bits per heavy atom. The maximum Gasteiger partial charge on any atom is 0.243 e. The minimum absolute atomic E-state index is 0. The van der Waals surface area contributed by atoms with Crippen LogP contribution in [0.5, 0.6) is 0 Å². The van der Waals surface area contributed by atoms with E-state index in [1.54, 1.807) is 4.90 Å². The second-order valence-corrected chi connectivity index (χ2v) is 9.45. The predicted molar refractivity (Wildman–Crippen MR) is 108 cm³/mol. The fourth-order valence-corrected chi connectivity index (χ4v) is 5.34. The van der Waals surface area contributed by atoms with E-state index in [4.69, 9.17) is 0 Å². The first-order valence-corrected chi connectivity index (χ1v) is 11.1. The average molecular weight is 434 g/mol. The van der Waals surface area contributed by atoms with Crippen molar-refractivity contribution in [1.29, 1.82) is 0 Å². The zero-order valence-electron chi connectivity index (χ0n) is 16.1. The van der Waals surface area contributed by atoms with Crippen LogP contribution in [-0.4, -0.2) is 62.8 Å². The summed E-state index contributed by atoms with van der Waals surface area (Å²) >= 11 is 0. The number of nitrogens with one attached hydrogen (secondary N) is 1. The first-order chi connectivity index (χ1) is 12.9. The third kappa shape index (κ3) is 5.43. The molecule has 0 aromatic heterocycles. The molecule has 2 heterocycles. The highest BCUT2D eigenvalue weighted by molar-refractivity contribution is 7.89. The van der Waals surface area contributed by atoms with Crippen molar-refractivity contribution < 1.29 is 17.6 Å². The van der Waals surface area contributed by atoms with Crippen LogP contribution in [0.4, 0.5) is 4.39 Å². The highest BCUT2D eigenvalue weighted by Gasteiger charge is 2.31. The van der Waals surface area contributed by atoms with Gasteiger partial charge in [0.15, 0.2) is 0 Å². The molecule has 2 aliphatic rings. The number of piperazine rings is 1. The predicted octanol–water partition coefficient (Wildman–Crippen LogP) is 2.11. The topological polar surface area (TPSA) is 69.7 Å². The minimum Gasteiger partial charge on any atom is -0.340 e. The molecule has 3 rings (SSSR count). The van der Waals surface area contributed by atoms with Crippen molar-refractivity contribution in [3.63, 3.8) is 0 Å². The molecule has 2 aliphatic heterocycles. The van der Waals surface area contributed by atoms with Crippen LogP contribution < -0.4 is 5.32 Å². The fraction of sp³-hybridized carbons (Fsp3) is 0.632. The quantitative estimate of drug-likeness (QED) is 0.772. The Morgan fingerprint density at radius 1 is 1.14 bits per heavy atom. The van der Waals surface area contributed by atoms with Crippen molar-refractivity contribution in [2.45, 2.75) is 31.1 Å². The Balaban J connectivity index is 0.00000280. The van der Waals surface area contributed by atoms with Gasteiger partial charge in [-0.15, -0.1) is 12.4 Å². The second-order valence-electron chi connectivity index (χ2n) is 7.51. The van der Waals surface area contributed by atoms with Crippen LogP contribution >= 0.6 is 12.4 Å². The normalized spacial score (nSPS) is 20.4. The number of hydrogen-bond acceptors (Lipinski definition) is 4. The van der Waals surface area contributed by atoms with Gasteiger partial charge in [0.25, 0.3) is 0 Å². The summed E-state index contributed by atoms with van der Waals surface area (Å²) in [5, 5.41) is 3.34. The van der Waals surface area contributed by atoms with E-state index in [0.29, 0.717) is 31.3 Å². The Hall–Kier alpha value is -1.22. The molecule has 9 heteroatoms. The number of amides is 1. The molecule has 0 aliphatic carbocycles. The standard InChI is InChI=1S/C19H28FN3O3S.ClH/c1-15(16-6-8-21-9-7-16)14-19(24)22-10-12-23(13-11-22)27(25,26)18-4-2-17(20)3-5-18;/h2-5,15-16,21H,6-14H2,1H3;1H. The molecule has 0 radical (unpaired) electrons. The van der Waals surface area contributed by atoms with Crippen LogP contribution in [0.1, 0.15) is 26.2 Å². The molecule has 1 atom stereocenters. The van der Waals surface area contributed by atoms with Crippen LogP contribution in [0, 0.1) is 17.7 Å². The van der Waals surface area contributed by atoms with Gasteiger partial charge >= 0.3 is 0 Å². The number of nitrogens with zero attached hydrogens (tertiary/aromatic N) is 2. The zero-order chi connectivity index (χ0) is 19.4. The number of hydrogen-bond donors (Lipinski definition) is 1. The Kier molecular flexibility index (Phi) is 8.24. The van der Waals surface area contributed by atoms with Crippen LogP contribution in [0.2, 0.25) is 0 Å². The van der Waals surface area contributed by atoms with Crippen LogP contribution in [0.15, 0.2) is 29.2 Å². The molecular formula is C19H29ClFN3O3S. The lowest BCUT2D eigenvalue weighted by atomic mass is 9.84. The van der Waals surface area contributed by atoms with E-state index in [9.17, 15) is 17.6 Å². The molecule has 1 aromatic rings. The molecule has 6 nitrogen and oxygen atoms in total. The van der Waals surface area contributed by atoms with Gasteiger partial charge in [-0.05, 0) is 62.0 Å². The van der Waals surface area contributed by atoms with Gasteiger partial charge in [-0.25, -0.2) is 12.8 Å². The second kappa shape index (κ2) is 10.0. The summed E-state index contributed by atoms with van der Waals surface area (Å²) in [6.07, 6.45) is 2.74. The number of piperidine rings is 1. The van der Waals surface area contributed by atoms with E-state index < -0.39 is 15.8 Å². The van der Waals surface area contributed by atoms with E-state index >= 15 is 0 Å². The SMILES string of the molecule is CC(CC(=O)N1CCN(S(=O)(=O)c2ccc(F)cc2)CC1)C1CCNCC1.Cl. The molecule has 28 heavy (non-hydrogen) atoms. The van der Waals surface area contributed by atoms with Crippen LogP contribution in [0.3, 0.4) is 0 Å². The smallest absolute Gasteiger partial charge is 0.243 e. The molecular weight excluding hydrogens is 405 g/mol. The summed E-state index contributed by atoms with van der Waals surface area (Å²) in [4.78, 5) is 14.5. The number of benzene rings is 1. The Morgan fingerprint density at radius 3 is 2.29 bits per heavy atom. The summed E-state index contributed by atoms with van der Waals surface area (Å²) in [5.41, 5.74) is 0. The van der Waals surface area contributed by atoms with Gasteiger partial charge in [0.05, 0.1) is 4.90 Å². The van der Waals surface area contributed by atoms with E-state index in [1.165, 1.54) is 16.4 Å². The lowest BCUT2D eigenvalue weighted by molar-refractivity contribution is -0.133. The molecule has 0 spiro atoms. The molecule has 2 saturated heterocycles.